The average molecular weight is 483 g/mol. The monoisotopic (exact) mass is 482 g/mol. The molecule has 0 saturated heterocycles. The fourth-order valence-corrected chi connectivity index (χ4v) is 5.11. The molecule has 27 heavy (non-hydrogen) atoms. The van der Waals surface area contributed by atoms with Gasteiger partial charge in [0.2, 0.25) is 0 Å². The van der Waals surface area contributed by atoms with Gasteiger partial charge in [0.15, 0.2) is 0 Å². The van der Waals surface area contributed by atoms with Crippen molar-refractivity contribution in [1.29, 1.82) is 0 Å². The molecule has 9 nitrogen and oxygen atoms in total. The maximum atomic E-state index is 14.1. The van der Waals surface area contributed by atoms with Crippen LogP contribution in [0.3, 0.4) is 0 Å². The first-order valence-electron chi connectivity index (χ1n) is 7.04. The third-order valence-electron chi connectivity index (χ3n) is 3.51. The first-order chi connectivity index (χ1) is 12.5. The Bertz CT molecular complexity index is 1070. The normalized spacial score (nSPS) is 12.5. The second-order valence-electron chi connectivity index (χ2n) is 5.35. The van der Waals surface area contributed by atoms with Crippen LogP contribution in [0, 0.1) is 0 Å². The number of hydrogen-bond acceptors (Lipinski definition) is 6. The molecule has 2 heterocycles. The zero-order valence-corrected chi connectivity index (χ0v) is 16.3. The SMILES string of the molecule is O=C(NCc1cn[nH]n1)c1cc(O)c2sc(C(F)(F)P(=O)(O)O)c(Br)c2c1. The third kappa shape index (κ3) is 3.60. The van der Waals surface area contributed by atoms with Crippen LogP contribution in [0.2, 0.25) is 0 Å². The summed E-state index contributed by atoms with van der Waals surface area (Å²) < 4.78 is 38.9. The van der Waals surface area contributed by atoms with Crippen LogP contribution in [0.1, 0.15) is 20.9 Å². The lowest BCUT2D eigenvalue weighted by Gasteiger charge is -2.16. The van der Waals surface area contributed by atoms with Gasteiger partial charge < -0.3 is 20.2 Å². The van der Waals surface area contributed by atoms with Crippen molar-refractivity contribution in [3.63, 3.8) is 0 Å². The predicted octanol–water partition coefficient (Wildman–Crippen LogP) is 2.64. The molecule has 1 aromatic carbocycles. The first kappa shape index (κ1) is 19.8. The number of aromatic hydroxyl groups is 1. The molecular formula is C13H10BrF2N4O5PS. The minimum absolute atomic E-state index is 0.0229. The molecule has 0 unspecified atom stereocenters. The number of alkyl halides is 2. The van der Waals surface area contributed by atoms with E-state index in [1.807, 2.05) is 0 Å². The van der Waals surface area contributed by atoms with Crippen molar-refractivity contribution in [2.75, 3.05) is 0 Å². The van der Waals surface area contributed by atoms with Crippen LogP contribution in [-0.4, -0.2) is 36.2 Å². The van der Waals surface area contributed by atoms with Crippen LogP contribution in [0.5, 0.6) is 5.75 Å². The van der Waals surface area contributed by atoms with E-state index in [1.54, 1.807) is 0 Å². The molecule has 3 rings (SSSR count). The largest absolute Gasteiger partial charge is 0.506 e. The summed E-state index contributed by atoms with van der Waals surface area (Å²) in [5.41, 5.74) is -4.03. The maximum absolute atomic E-state index is 14.1. The van der Waals surface area contributed by atoms with E-state index in [4.69, 9.17) is 9.79 Å². The number of nitrogens with zero attached hydrogens (tertiary/aromatic N) is 2. The topological polar surface area (TPSA) is 148 Å². The predicted molar refractivity (Wildman–Crippen MR) is 94.7 cm³/mol. The molecule has 0 aliphatic heterocycles. The van der Waals surface area contributed by atoms with E-state index in [9.17, 15) is 23.2 Å². The molecule has 5 N–H and O–H groups in total. The molecule has 3 aromatic rings. The number of carbonyl (C=O) groups is 1. The van der Waals surface area contributed by atoms with Gasteiger partial charge in [0.05, 0.1) is 17.4 Å². The van der Waals surface area contributed by atoms with Crippen molar-refractivity contribution in [1.82, 2.24) is 20.7 Å². The van der Waals surface area contributed by atoms with Crippen molar-refractivity contribution in [2.24, 2.45) is 0 Å². The van der Waals surface area contributed by atoms with Crippen molar-refractivity contribution < 1.29 is 33.0 Å². The number of benzene rings is 1. The number of fused-ring (bicyclic) bond motifs is 1. The Morgan fingerprint density at radius 1 is 1.41 bits per heavy atom. The Kier molecular flexibility index (Phi) is 5.08. The second kappa shape index (κ2) is 6.91. The highest BCUT2D eigenvalue weighted by Crippen LogP contribution is 2.63. The fourth-order valence-electron chi connectivity index (χ4n) is 2.19. The Hall–Kier alpha value is -1.92. The number of aromatic amines is 1. The van der Waals surface area contributed by atoms with Crippen molar-refractivity contribution >= 4 is 50.9 Å². The summed E-state index contributed by atoms with van der Waals surface area (Å²) in [4.78, 5) is 29.2. The van der Waals surface area contributed by atoms with E-state index >= 15 is 0 Å². The van der Waals surface area contributed by atoms with Crippen LogP contribution >= 0.6 is 34.9 Å². The zero-order chi connectivity index (χ0) is 20.0. The number of phenols is 1. The number of carbonyl (C=O) groups excluding carboxylic acids is 1. The van der Waals surface area contributed by atoms with Gasteiger partial charge in [-0.1, -0.05) is 0 Å². The number of hydrogen-bond donors (Lipinski definition) is 5. The molecule has 0 spiro atoms. The number of aromatic nitrogens is 3. The number of rotatable bonds is 5. The summed E-state index contributed by atoms with van der Waals surface area (Å²) >= 11 is 3.21. The van der Waals surface area contributed by atoms with E-state index < -0.39 is 29.8 Å². The molecule has 0 fully saturated rings. The molecule has 0 radical (unpaired) electrons. The van der Waals surface area contributed by atoms with Gasteiger partial charge in [0.1, 0.15) is 16.3 Å². The first-order valence-corrected chi connectivity index (χ1v) is 10.3. The molecule has 0 bridgehead atoms. The highest BCUT2D eigenvalue weighted by Gasteiger charge is 2.53. The van der Waals surface area contributed by atoms with E-state index in [0.29, 0.717) is 17.0 Å². The molecule has 144 valence electrons. The number of nitrogens with one attached hydrogen (secondary N) is 2. The standard InChI is InChI=1S/C13H10BrF2N4O5PS/c14-9-7-1-5(12(22)17-3-6-4-18-20-19-6)2-8(21)10(7)27-11(9)13(15,16)26(23,24)25/h1-2,4,21H,3H2,(H,17,22)(H,18,19,20)(H2,23,24,25). The summed E-state index contributed by atoms with van der Waals surface area (Å²) in [5, 5.41) is 22.3. The smallest absolute Gasteiger partial charge is 0.400 e. The van der Waals surface area contributed by atoms with Crippen molar-refractivity contribution in [3.05, 3.63) is 38.9 Å². The lowest BCUT2D eigenvalue weighted by molar-refractivity contribution is 0.0595. The summed E-state index contributed by atoms with van der Waals surface area (Å²) in [7, 11) is -5.79. The van der Waals surface area contributed by atoms with Crippen molar-refractivity contribution in [2.45, 2.75) is 12.2 Å². The fraction of sp³-hybridized carbons (Fsp3) is 0.154. The van der Waals surface area contributed by atoms with Crippen LogP contribution in [0.25, 0.3) is 10.1 Å². The summed E-state index contributed by atoms with van der Waals surface area (Å²) in [6, 6.07) is 2.30. The number of amides is 1. The highest BCUT2D eigenvalue weighted by molar-refractivity contribution is 9.10. The molecular weight excluding hydrogens is 473 g/mol. The third-order valence-corrected chi connectivity index (χ3v) is 7.00. The number of phenolic OH excluding ortho intramolecular Hbond substituents is 1. The maximum Gasteiger partial charge on any atom is 0.400 e. The van der Waals surface area contributed by atoms with E-state index in [0.717, 1.165) is 6.07 Å². The quantitative estimate of drug-likeness (QED) is 0.351. The lowest BCUT2D eigenvalue weighted by Crippen LogP contribution is -2.22. The van der Waals surface area contributed by atoms with E-state index in [2.05, 4.69) is 36.7 Å². The van der Waals surface area contributed by atoms with Crippen LogP contribution < -0.4 is 5.32 Å². The average Bonchev–Trinajstić information content (AvgIpc) is 3.20. The lowest BCUT2D eigenvalue weighted by atomic mass is 10.1. The van der Waals surface area contributed by atoms with E-state index in [1.165, 1.54) is 12.3 Å². The summed E-state index contributed by atoms with van der Waals surface area (Å²) in [6.45, 7) is 0.0421. The Morgan fingerprint density at radius 3 is 2.70 bits per heavy atom. The van der Waals surface area contributed by atoms with Gasteiger partial charge in [-0.2, -0.15) is 24.2 Å². The highest BCUT2D eigenvalue weighted by atomic mass is 79.9. The molecule has 1 amide bonds. The zero-order valence-electron chi connectivity index (χ0n) is 13.0. The minimum Gasteiger partial charge on any atom is -0.506 e. The number of halogens is 3. The van der Waals surface area contributed by atoms with Crippen LogP contribution in [0.15, 0.2) is 22.8 Å². The van der Waals surface area contributed by atoms with Gasteiger partial charge in [0.25, 0.3) is 5.91 Å². The van der Waals surface area contributed by atoms with Gasteiger partial charge in [-0.25, -0.2) is 0 Å². The number of thiophene rings is 1. The van der Waals surface area contributed by atoms with Crippen LogP contribution in [0.4, 0.5) is 8.78 Å². The molecule has 0 aliphatic carbocycles. The van der Waals surface area contributed by atoms with Crippen molar-refractivity contribution in [3.8, 4) is 5.75 Å². The van der Waals surface area contributed by atoms with Gasteiger partial charge in [-0.15, -0.1) is 11.3 Å². The van der Waals surface area contributed by atoms with Gasteiger partial charge in [-0.05, 0) is 28.1 Å². The molecule has 0 saturated carbocycles. The Balaban J connectivity index is 2.00. The van der Waals surface area contributed by atoms with E-state index in [-0.39, 0.29) is 26.7 Å². The molecule has 0 aliphatic rings. The number of H-pyrrole nitrogens is 1. The van der Waals surface area contributed by atoms with Gasteiger partial charge in [-0.3, -0.25) is 9.36 Å². The second-order valence-corrected chi connectivity index (χ2v) is 8.81. The minimum atomic E-state index is -5.79. The molecule has 14 heteroatoms. The summed E-state index contributed by atoms with van der Waals surface area (Å²) in [6.07, 6.45) is 1.40. The van der Waals surface area contributed by atoms with Crippen LogP contribution in [-0.2, 0) is 16.8 Å². The summed E-state index contributed by atoms with van der Waals surface area (Å²) in [5.74, 6) is -1.09. The van der Waals surface area contributed by atoms with Gasteiger partial charge >= 0.3 is 13.3 Å². The Labute approximate surface area is 161 Å². The molecule has 2 aromatic heterocycles. The Morgan fingerprint density at radius 2 is 2.11 bits per heavy atom. The van der Waals surface area contributed by atoms with Gasteiger partial charge in [0, 0.05) is 15.4 Å². The molecule has 0 atom stereocenters.